The Hall–Kier alpha value is -2.08. The number of rotatable bonds is 5. The van der Waals surface area contributed by atoms with Crippen molar-refractivity contribution in [3.8, 4) is 0 Å². The van der Waals surface area contributed by atoms with E-state index in [1.165, 1.54) is 11.1 Å². The van der Waals surface area contributed by atoms with Crippen LogP contribution in [0.2, 0.25) is 0 Å². The van der Waals surface area contributed by atoms with Crippen LogP contribution in [0.3, 0.4) is 0 Å². The monoisotopic (exact) mass is 372 g/mol. The molecule has 1 unspecified atom stereocenters. The van der Waals surface area contributed by atoms with Crippen molar-refractivity contribution in [2.24, 2.45) is 4.99 Å². The Bertz CT molecular complexity index is 630. The van der Waals surface area contributed by atoms with Gasteiger partial charge in [0, 0.05) is 46.4 Å². The van der Waals surface area contributed by atoms with Gasteiger partial charge in [0.25, 0.3) is 5.91 Å². The fourth-order valence-electron chi connectivity index (χ4n) is 3.71. The summed E-state index contributed by atoms with van der Waals surface area (Å²) in [6, 6.07) is 8.82. The van der Waals surface area contributed by atoms with Gasteiger partial charge in [-0.3, -0.25) is 9.79 Å². The number of amides is 1. The van der Waals surface area contributed by atoms with E-state index in [9.17, 15) is 4.79 Å². The van der Waals surface area contributed by atoms with Crippen LogP contribution in [0.25, 0.3) is 0 Å². The summed E-state index contributed by atoms with van der Waals surface area (Å²) in [6.07, 6.45) is 3.69. The van der Waals surface area contributed by atoms with Crippen LogP contribution >= 0.6 is 0 Å². The quantitative estimate of drug-likeness (QED) is 0.631. The van der Waals surface area contributed by atoms with E-state index in [0.29, 0.717) is 6.61 Å². The van der Waals surface area contributed by atoms with Gasteiger partial charge in [-0.15, -0.1) is 0 Å². The molecule has 0 bridgehead atoms. The zero-order valence-electron chi connectivity index (χ0n) is 16.6. The van der Waals surface area contributed by atoms with Gasteiger partial charge < -0.3 is 19.9 Å². The fraction of sp³-hybridized carbons (Fsp3) is 0.619. The van der Waals surface area contributed by atoms with Crippen molar-refractivity contribution in [3.63, 3.8) is 0 Å². The summed E-state index contributed by atoms with van der Waals surface area (Å²) in [6.45, 7) is 6.83. The van der Waals surface area contributed by atoms with Crippen LogP contribution in [0, 0.1) is 0 Å². The predicted molar refractivity (Wildman–Crippen MR) is 108 cm³/mol. The lowest BCUT2D eigenvalue weighted by molar-refractivity contribution is -0.142. The SMILES string of the molecule is CCc1ccc(CCNC(=NC)N2CCN(C(=O)C3CCCO3)CC2)cc1. The summed E-state index contributed by atoms with van der Waals surface area (Å²) in [5, 5.41) is 3.46. The third-order valence-electron chi connectivity index (χ3n) is 5.44. The second-order valence-corrected chi connectivity index (χ2v) is 7.21. The smallest absolute Gasteiger partial charge is 0.251 e. The number of carbonyl (C=O) groups is 1. The number of aliphatic imine (C=N–C) groups is 1. The van der Waals surface area contributed by atoms with E-state index >= 15 is 0 Å². The molecule has 148 valence electrons. The highest BCUT2D eigenvalue weighted by atomic mass is 16.5. The number of nitrogens with one attached hydrogen (secondary N) is 1. The number of aryl methyl sites for hydroxylation is 1. The highest BCUT2D eigenvalue weighted by Crippen LogP contribution is 2.16. The zero-order chi connectivity index (χ0) is 19.1. The summed E-state index contributed by atoms with van der Waals surface area (Å²) < 4.78 is 5.53. The Morgan fingerprint density at radius 3 is 2.41 bits per heavy atom. The van der Waals surface area contributed by atoms with Gasteiger partial charge in [-0.1, -0.05) is 31.2 Å². The molecule has 3 rings (SSSR count). The van der Waals surface area contributed by atoms with Crippen LogP contribution in [0.1, 0.15) is 30.9 Å². The molecule has 2 saturated heterocycles. The molecule has 2 fully saturated rings. The Labute approximate surface area is 162 Å². The number of nitrogens with zero attached hydrogens (tertiary/aromatic N) is 3. The van der Waals surface area contributed by atoms with E-state index in [1.54, 1.807) is 0 Å². The summed E-state index contributed by atoms with van der Waals surface area (Å²) >= 11 is 0. The fourth-order valence-corrected chi connectivity index (χ4v) is 3.71. The number of piperazine rings is 1. The molecule has 1 aromatic carbocycles. The van der Waals surface area contributed by atoms with Gasteiger partial charge in [0.15, 0.2) is 5.96 Å². The van der Waals surface area contributed by atoms with Crippen LogP contribution in [0.4, 0.5) is 0 Å². The molecule has 1 N–H and O–H groups in total. The van der Waals surface area contributed by atoms with E-state index in [4.69, 9.17) is 4.74 Å². The lowest BCUT2D eigenvalue weighted by Crippen LogP contribution is -2.55. The molecule has 1 atom stereocenters. The maximum Gasteiger partial charge on any atom is 0.251 e. The molecular weight excluding hydrogens is 340 g/mol. The Morgan fingerprint density at radius 2 is 1.81 bits per heavy atom. The first kappa shape index (κ1) is 19.7. The number of hydrogen-bond acceptors (Lipinski definition) is 3. The average molecular weight is 373 g/mol. The third kappa shape index (κ3) is 5.22. The second kappa shape index (κ2) is 9.74. The lowest BCUT2D eigenvalue weighted by Gasteiger charge is -2.37. The molecule has 2 heterocycles. The maximum absolute atomic E-state index is 12.5. The zero-order valence-corrected chi connectivity index (χ0v) is 16.6. The molecule has 2 aliphatic rings. The van der Waals surface area contributed by atoms with Crippen molar-refractivity contribution in [3.05, 3.63) is 35.4 Å². The first-order valence-corrected chi connectivity index (χ1v) is 10.1. The van der Waals surface area contributed by atoms with Crippen molar-refractivity contribution in [2.75, 3.05) is 46.4 Å². The number of benzene rings is 1. The second-order valence-electron chi connectivity index (χ2n) is 7.21. The number of carbonyl (C=O) groups excluding carboxylic acids is 1. The highest BCUT2D eigenvalue weighted by molar-refractivity contribution is 5.82. The van der Waals surface area contributed by atoms with Crippen molar-refractivity contribution >= 4 is 11.9 Å². The summed E-state index contributed by atoms with van der Waals surface area (Å²) in [5.41, 5.74) is 2.71. The molecular formula is C21H32N4O2. The molecule has 0 aliphatic carbocycles. The average Bonchev–Trinajstić information content (AvgIpc) is 3.26. The van der Waals surface area contributed by atoms with Crippen LogP contribution in [-0.4, -0.2) is 74.1 Å². The number of ether oxygens (including phenoxy) is 1. The minimum Gasteiger partial charge on any atom is -0.368 e. The van der Waals surface area contributed by atoms with Crippen LogP contribution in [-0.2, 0) is 22.4 Å². The number of guanidine groups is 1. The number of hydrogen-bond donors (Lipinski definition) is 1. The first-order valence-electron chi connectivity index (χ1n) is 10.1. The van der Waals surface area contributed by atoms with Gasteiger partial charge in [-0.25, -0.2) is 0 Å². The summed E-state index contributed by atoms with van der Waals surface area (Å²) in [7, 11) is 1.82. The molecule has 0 aromatic heterocycles. The van der Waals surface area contributed by atoms with Crippen molar-refractivity contribution < 1.29 is 9.53 Å². The van der Waals surface area contributed by atoms with E-state index in [-0.39, 0.29) is 12.0 Å². The van der Waals surface area contributed by atoms with E-state index < -0.39 is 0 Å². The van der Waals surface area contributed by atoms with Crippen LogP contribution < -0.4 is 5.32 Å². The van der Waals surface area contributed by atoms with Crippen molar-refractivity contribution in [1.82, 2.24) is 15.1 Å². The van der Waals surface area contributed by atoms with Crippen molar-refractivity contribution in [1.29, 1.82) is 0 Å². The standard InChI is InChI=1S/C21H32N4O2/c1-3-17-6-8-18(9-7-17)10-11-23-21(22-2)25-14-12-24(13-15-25)20(26)19-5-4-16-27-19/h6-9,19H,3-5,10-16H2,1-2H3,(H,22,23). The lowest BCUT2D eigenvalue weighted by atomic mass is 10.1. The maximum atomic E-state index is 12.5. The topological polar surface area (TPSA) is 57.2 Å². The summed E-state index contributed by atoms with van der Waals surface area (Å²) in [4.78, 5) is 21.1. The molecule has 6 nitrogen and oxygen atoms in total. The Morgan fingerprint density at radius 1 is 1.15 bits per heavy atom. The molecule has 0 saturated carbocycles. The molecule has 2 aliphatic heterocycles. The van der Waals surface area contributed by atoms with Crippen molar-refractivity contribution in [2.45, 2.75) is 38.7 Å². The van der Waals surface area contributed by atoms with Gasteiger partial charge >= 0.3 is 0 Å². The normalized spacial score (nSPS) is 20.8. The Balaban J connectivity index is 1.42. The first-order chi connectivity index (χ1) is 13.2. The molecule has 27 heavy (non-hydrogen) atoms. The van der Waals surface area contributed by atoms with Gasteiger partial charge in [-0.2, -0.15) is 0 Å². The van der Waals surface area contributed by atoms with Gasteiger partial charge in [-0.05, 0) is 36.8 Å². The molecule has 0 spiro atoms. The van der Waals surface area contributed by atoms with E-state index in [0.717, 1.165) is 64.4 Å². The molecule has 6 heteroatoms. The van der Waals surface area contributed by atoms with Gasteiger partial charge in [0.05, 0.1) is 0 Å². The minimum atomic E-state index is -0.215. The van der Waals surface area contributed by atoms with E-state index in [1.807, 2.05) is 11.9 Å². The largest absolute Gasteiger partial charge is 0.368 e. The predicted octanol–water partition coefficient (Wildman–Crippen LogP) is 1.69. The molecule has 1 amide bonds. The summed E-state index contributed by atoms with van der Waals surface area (Å²) in [5.74, 6) is 1.08. The van der Waals surface area contributed by atoms with E-state index in [2.05, 4.69) is 46.4 Å². The Kier molecular flexibility index (Phi) is 7.10. The molecule has 1 aromatic rings. The molecule has 0 radical (unpaired) electrons. The van der Waals surface area contributed by atoms with Crippen LogP contribution in [0.5, 0.6) is 0 Å². The minimum absolute atomic E-state index is 0.158. The van der Waals surface area contributed by atoms with Gasteiger partial charge in [0.2, 0.25) is 0 Å². The van der Waals surface area contributed by atoms with Crippen LogP contribution in [0.15, 0.2) is 29.3 Å². The van der Waals surface area contributed by atoms with Gasteiger partial charge in [0.1, 0.15) is 6.10 Å². The highest BCUT2D eigenvalue weighted by Gasteiger charge is 2.30. The third-order valence-corrected chi connectivity index (χ3v) is 5.44.